The monoisotopic (exact) mass is 389 g/mol. The second-order valence-corrected chi connectivity index (χ2v) is 8.98. The van der Waals surface area contributed by atoms with Crippen LogP contribution < -0.4 is 5.32 Å². The fourth-order valence-electron chi connectivity index (χ4n) is 2.64. The molecule has 0 unspecified atom stereocenters. The number of likely N-dealkylation sites (N-methyl/N-ethyl adjacent to an activating group) is 1. The molecule has 0 aliphatic rings. The number of carbonyl (C=O) groups is 1. The third-order valence-electron chi connectivity index (χ3n) is 4.42. The summed E-state index contributed by atoms with van der Waals surface area (Å²) in [5.41, 5.74) is 1.53. The molecule has 6 nitrogen and oxygen atoms in total. The number of amides is 1. The summed E-state index contributed by atoms with van der Waals surface area (Å²) >= 11 is 0. The summed E-state index contributed by atoms with van der Waals surface area (Å²) in [6.07, 6.45) is 0.809. The maximum absolute atomic E-state index is 12.5. The Balaban J connectivity index is 2.08. The van der Waals surface area contributed by atoms with Crippen molar-refractivity contribution in [3.05, 3.63) is 65.7 Å². The molecule has 2 aromatic rings. The fraction of sp³-hybridized carbons (Fsp3) is 0.350. The van der Waals surface area contributed by atoms with Gasteiger partial charge in [-0.05, 0) is 44.3 Å². The number of sulfonamides is 1. The molecular formula is C20H27N3O3S. The molecule has 1 atom stereocenters. The van der Waals surface area contributed by atoms with Crippen LogP contribution in [0.3, 0.4) is 0 Å². The van der Waals surface area contributed by atoms with Crippen molar-refractivity contribution < 1.29 is 13.2 Å². The van der Waals surface area contributed by atoms with Gasteiger partial charge < -0.3 is 10.2 Å². The minimum absolute atomic E-state index is 0.105. The first-order valence-electron chi connectivity index (χ1n) is 8.73. The van der Waals surface area contributed by atoms with Gasteiger partial charge in [0.2, 0.25) is 10.0 Å². The predicted molar refractivity (Wildman–Crippen MR) is 107 cm³/mol. The molecule has 0 radical (unpaired) electrons. The van der Waals surface area contributed by atoms with Crippen molar-refractivity contribution in [3.63, 3.8) is 0 Å². The standard InChI is InChI=1S/C20H27N3O3S/c1-22(2)18(13-16-9-6-5-7-10-16)15-21-20(24)17-11-8-12-19(14-17)27(25,26)23(3)4/h5-12,14,18H,13,15H2,1-4H3,(H,21,24)/t18-/m1/s1. The third kappa shape index (κ3) is 5.63. The van der Waals surface area contributed by atoms with Crippen LogP contribution in [0.1, 0.15) is 15.9 Å². The van der Waals surface area contributed by atoms with Gasteiger partial charge in [-0.15, -0.1) is 0 Å². The zero-order valence-electron chi connectivity index (χ0n) is 16.2. The lowest BCUT2D eigenvalue weighted by Crippen LogP contribution is -2.41. The van der Waals surface area contributed by atoms with Gasteiger partial charge in [0.1, 0.15) is 0 Å². The van der Waals surface area contributed by atoms with Crippen LogP contribution in [0, 0.1) is 0 Å². The highest BCUT2D eigenvalue weighted by Crippen LogP contribution is 2.15. The average Bonchev–Trinajstić information content (AvgIpc) is 2.65. The number of hydrogen-bond acceptors (Lipinski definition) is 4. The largest absolute Gasteiger partial charge is 0.350 e. The van der Waals surface area contributed by atoms with Crippen LogP contribution in [-0.2, 0) is 16.4 Å². The van der Waals surface area contributed by atoms with E-state index in [0.29, 0.717) is 12.1 Å². The molecule has 0 bridgehead atoms. The van der Waals surface area contributed by atoms with E-state index in [2.05, 4.69) is 22.3 Å². The Morgan fingerprint density at radius 1 is 1.00 bits per heavy atom. The molecule has 146 valence electrons. The van der Waals surface area contributed by atoms with Gasteiger partial charge in [-0.1, -0.05) is 36.4 Å². The van der Waals surface area contributed by atoms with E-state index in [-0.39, 0.29) is 16.8 Å². The summed E-state index contributed by atoms with van der Waals surface area (Å²) in [6.45, 7) is 0.464. The molecule has 0 spiro atoms. The van der Waals surface area contributed by atoms with Crippen LogP contribution in [0.4, 0.5) is 0 Å². The van der Waals surface area contributed by atoms with Gasteiger partial charge in [-0.25, -0.2) is 12.7 Å². The third-order valence-corrected chi connectivity index (χ3v) is 6.23. The van der Waals surface area contributed by atoms with Gasteiger partial charge in [0, 0.05) is 32.2 Å². The molecule has 27 heavy (non-hydrogen) atoms. The van der Waals surface area contributed by atoms with Gasteiger partial charge >= 0.3 is 0 Å². The number of carbonyl (C=O) groups excluding carboxylic acids is 1. The van der Waals surface area contributed by atoms with E-state index < -0.39 is 10.0 Å². The summed E-state index contributed by atoms with van der Waals surface area (Å²) in [4.78, 5) is 14.7. The highest BCUT2D eigenvalue weighted by atomic mass is 32.2. The van der Waals surface area contributed by atoms with Gasteiger partial charge in [0.05, 0.1) is 4.90 Å². The van der Waals surface area contributed by atoms with Gasteiger partial charge in [-0.3, -0.25) is 4.79 Å². The van der Waals surface area contributed by atoms with Crippen LogP contribution >= 0.6 is 0 Å². The van der Waals surface area contributed by atoms with E-state index in [1.54, 1.807) is 12.1 Å². The summed E-state index contributed by atoms with van der Waals surface area (Å²) in [5, 5.41) is 2.92. The highest BCUT2D eigenvalue weighted by Gasteiger charge is 2.19. The molecule has 1 N–H and O–H groups in total. The molecule has 7 heteroatoms. The lowest BCUT2D eigenvalue weighted by atomic mass is 10.1. The SMILES string of the molecule is CN(C)[C@@H](CNC(=O)c1cccc(S(=O)(=O)N(C)C)c1)Cc1ccccc1. The van der Waals surface area contributed by atoms with Gasteiger partial charge in [-0.2, -0.15) is 0 Å². The molecule has 0 aliphatic carbocycles. The second kappa shape index (κ2) is 9.12. The molecule has 0 aliphatic heterocycles. The molecule has 0 saturated carbocycles. The van der Waals surface area contributed by atoms with Crippen LogP contribution in [0.2, 0.25) is 0 Å². The maximum atomic E-state index is 12.5. The maximum Gasteiger partial charge on any atom is 0.251 e. The van der Waals surface area contributed by atoms with Crippen molar-refractivity contribution in [2.75, 3.05) is 34.7 Å². The highest BCUT2D eigenvalue weighted by molar-refractivity contribution is 7.89. The Morgan fingerprint density at radius 3 is 2.26 bits per heavy atom. The quantitative estimate of drug-likeness (QED) is 0.748. The topological polar surface area (TPSA) is 69.7 Å². The van der Waals surface area contributed by atoms with Crippen molar-refractivity contribution in [2.45, 2.75) is 17.4 Å². The molecular weight excluding hydrogens is 362 g/mol. The van der Waals surface area contributed by atoms with Crippen LogP contribution in [0.25, 0.3) is 0 Å². The average molecular weight is 390 g/mol. The number of hydrogen-bond donors (Lipinski definition) is 1. The summed E-state index contributed by atoms with van der Waals surface area (Å²) < 4.78 is 25.6. The van der Waals surface area contributed by atoms with Crippen LogP contribution in [0.15, 0.2) is 59.5 Å². The molecule has 0 aromatic heterocycles. The van der Waals surface area contributed by atoms with Crippen molar-refractivity contribution in [3.8, 4) is 0 Å². The van der Waals surface area contributed by atoms with Crippen molar-refractivity contribution in [1.29, 1.82) is 0 Å². The van der Waals surface area contributed by atoms with E-state index >= 15 is 0 Å². The summed E-state index contributed by atoms with van der Waals surface area (Å²) in [7, 11) is 3.31. The normalized spacial score (nSPS) is 13.0. The van der Waals surface area contributed by atoms with Crippen molar-refractivity contribution in [1.82, 2.24) is 14.5 Å². The first-order valence-corrected chi connectivity index (χ1v) is 10.2. The van der Waals surface area contributed by atoms with Crippen molar-refractivity contribution >= 4 is 15.9 Å². The first-order chi connectivity index (χ1) is 12.7. The molecule has 2 aromatic carbocycles. The van der Waals surface area contributed by atoms with E-state index in [9.17, 15) is 13.2 Å². The second-order valence-electron chi connectivity index (χ2n) is 6.83. The van der Waals surface area contributed by atoms with Gasteiger partial charge in [0.15, 0.2) is 0 Å². The molecule has 2 rings (SSSR count). The zero-order chi connectivity index (χ0) is 20.0. The summed E-state index contributed by atoms with van der Waals surface area (Å²) in [6, 6.07) is 16.3. The Bertz CT molecular complexity index is 865. The van der Waals surface area contributed by atoms with Crippen molar-refractivity contribution in [2.24, 2.45) is 0 Å². The number of rotatable bonds is 8. The van der Waals surface area contributed by atoms with Crippen LogP contribution in [-0.4, -0.2) is 64.3 Å². The predicted octanol–water partition coefficient (Wildman–Crippen LogP) is 1.84. The van der Waals surface area contributed by atoms with Crippen LogP contribution in [0.5, 0.6) is 0 Å². The van der Waals surface area contributed by atoms with E-state index in [0.717, 1.165) is 10.7 Å². The smallest absolute Gasteiger partial charge is 0.251 e. The zero-order valence-corrected chi connectivity index (χ0v) is 17.0. The fourth-order valence-corrected chi connectivity index (χ4v) is 3.59. The van der Waals surface area contributed by atoms with E-state index in [1.807, 2.05) is 32.3 Å². The van der Waals surface area contributed by atoms with E-state index in [4.69, 9.17) is 0 Å². The Labute approximate surface area is 161 Å². The van der Waals surface area contributed by atoms with E-state index in [1.165, 1.54) is 31.8 Å². The molecule has 0 heterocycles. The molecule has 0 saturated heterocycles. The number of nitrogens with one attached hydrogen (secondary N) is 1. The lowest BCUT2D eigenvalue weighted by Gasteiger charge is -2.25. The minimum atomic E-state index is -3.57. The number of nitrogens with zero attached hydrogens (tertiary/aromatic N) is 2. The Kier molecular flexibility index (Phi) is 7.12. The Hall–Kier alpha value is -2.22. The summed E-state index contributed by atoms with van der Waals surface area (Å²) in [5.74, 6) is -0.286. The molecule has 0 fully saturated rings. The van der Waals surface area contributed by atoms with Gasteiger partial charge in [0.25, 0.3) is 5.91 Å². The minimum Gasteiger partial charge on any atom is -0.350 e. The Morgan fingerprint density at radius 2 is 1.67 bits per heavy atom. The lowest BCUT2D eigenvalue weighted by molar-refractivity contribution is 0.0941. The number of benzene rings is 2. The first kappa shape index (κ1) is 21.1. The molecule has 1 amide bonds.